The molecule has 0 aromatic rings. The Morgan fingerprint density at radius 1 is 1.12 bits per heavy atom. The second-order valence-corrected chi connectivity index (χ2v) is 4.12. The Hall–Kier alpha value is -1.63. The summed E-state index contributed by atoms with van der Waals surface area (Å²) in [5.74, 6) is -1.50. The monoisotopic (exact) mass is 245 g/mol. The highest BCUT2D eigenvalue weighted by molar-refractivity contribution is 5.81. The highest BCUT2D eigenvalue weighted by Crippen LogP contribution is 2.00. The molecule has 0 aromatic heterocycles. The van der Waals surface area contributed by atoms with E-state index in [1.165, 1.54) is 20.8 Å². The molecule has 0 atom stereocenters. The topological polar surface area (TPSA) is 108 Å². The second-order valence-electron chi connectivity index (χ2n) is 4.12. The van der Waals surface area contributed by atoms with Crippen LogP contribution in [0.5, 0.6) is 0 Å². The molecule has 0 bridgehead atoms. The lowest BCUT2D eigenvalue weighted by atomic mass is 10.1. The molecule has 0 aliphatic rings. The number of rotatable bonds is 7. The van der Waals surface area contributed by atoms with Crippen LogP contribution in [0.3, 0.4) is 0 Å². The van der Waals surface area contributed by atoms with Gasteiger partial charge in [-0.05, 0) is 13.8 Å². The van der Waals surface area contributed by atoms with Crippen LogP contribution >= 0.6 is 0 Å². The number of carboxylic acid groups (broad SMARTS) is 1. The standard InChI is InChI=1S/C10H19N3O4/c1-7(14)11-4-5-12-8(15)6-13-10(2,3)9(16)17/h13H,4-6H2,1-3H3,(H,11,14)(H,12,15)(H,16,17). The molecular formula is C10H19N3O4. The average Bonchev–Trinajstić information content (AvgIpc) is 2.21. The Kier molecular flexibility index (Phi) is 6.19. The molecule has 0 spiro atoms. The van der Waals surface area contributed by atoms with E-state index in [-0.39, 0.29) is 18.4 Å². The van der Waals surface area contributed by atoms with E-state index in [4.69, 9.17) is 5.11 Å². The van der Waals surface area contributed by atoms with Crippen LogP contribution < -0.4 is 16.0 Å². The Balaban J connectivity index is 3.74. The molecule has 0 aliphatic carbocycles. The van der Waals surface area contributed by atoms with Crippen LogP contribution in [-0.2, 0) is 14.4 Å². The summed E-state index contributed by atoms with van der Waals surface area (Å²) in [6.07, 6.45) is 0. The van der Waals surface area contributed by atoms with Gasteiger partial charge < -0.3 is 15.7 Å². The smallest absolute Gasteiger partial charge is 0.323 e. The average molecular weight is 245 g/mol. The predicted octanol–water partition coefficient (Wildman–Crippen LogP) is -1.31. The van der Waals surface area contributed by atoms with Gasteiger partial charge in [-0.25, -0.2) is 0 Å². The van der Waals surface area contributed by atoms with E-state index in [1.54, 1.807) is 0 Å². The third kappa shape index (κ3) is 7.29. The van der Waals surface area contributed by atoms with Crippen molar-refractivity contribution in [2.75, 3.05) is 19.6 Å². The van der Waals surface area contributed by atoms with Crippen LogP contribution in [0.1, 0.15) is 20.8 Å². The molecular weight excluding hydrogens is 226 g/mol. The Morgan fingerprint density at radius 3 is 2.12 bits per heavy atom. The van der Waals surface area contributed by atoms with E-state index in [0.29, 0.717) is 13.1 Å². The van der Waals surface area contributed by atoms with E-state index in [0.717, 1.165) is 0 Å². The summed E-state index contributed by atoms with van der Waals surface area (Å²) in [6, 6.07) is 0. The molecule has 0 fully saturated rings. The van der Waals surface area contributed by atoms with Crippen molar-refractivity contribution in [3.05, 3.63) is 0 Å². The van der Waals surface area contributed by atoms with Crippen LogP contribution in [0.4, 0.5) is 0 Å². The van der Waals surface area contributed by atoms with Gasteiger partial charge in [0.25, 0.3) is 0 Å². The lowest BCUT2D eigenvalue weighted by Gasteiger charge is -2.20. The number of carbonyl (C=O) groups is 3. The van der Waals surface area contributed by atoms with Gasteiger partial charge in [0, 0.05) is 20.0 Å². The van der Waals surface area contributed by atoms with Crippen LogP contribution in [0, 0.1) is 0 Å². The maximum absolute atomic E-state index is 11.3. The van der Waals surface area contributed by atoms with Crippen molar-refractivity contribution in [1.82, 2.24) is 16.0 Å². The third-order valence-corrected chi connectivity index (χ3v) is 2.05. The Labute approximate surface area is 100.0 Å². The maximum Gasteiger partial charge on any atom is 0.323 e. The van der Waals surface area contributed by atoms with Gasteiger partial charge in [0.1, 0.15) is 5.54 Å². The molecule has 0 saturated carbocycles. The van der Waals surface area contributed by atoms with E-state index in [9.17, 15) is 14.4 Å². The number of hydrogen-bond acceptors (Lipinski definition) is 4. The minimum Gasteiger partial charge on any atom is -0.480 e. The SMILES string of the molecule is CC(=O)NCCNC(=O)CNC(C)(C)C(=O)O. The van der Waals surface area contributed by atoms with Gasteiger partial charge in [-0.1, -0.05) is 0 Å². The molecule has 4 N–H and O–H groups in total. The normalized spacial score (nSPS) is 10.8. The molecule has 2 amide bonds. The highest BCUT2D eigenvalue weighted by atomic mass is 16.4. The van der Waals surface area contributed by atoms with Crippen molar-refractivity contribution in [2.45, 2.75) is 26.3 Å². The number of nitrogens with one attached hydrogen (secondary N) is 3. The Bertz CT molecular complexity index is 302. The summed E-state index contributed by atoms with van der Waals surface area (Å²) in [6.45, 7) is 4.91. The molecule has 0 unspecified atom stereocenters. The summed E-state index contributed by atoms with van der Waals surface area (Å²) in [7, 11) is 0. The third-order valence-electron chi connectivity index (χ3n) is 2.05. The van der Waals surface area contributed by atoms with E-state index < -0.39 is 11.5 Å². The lowest BCUT2D eigenvalue weighted by molar-refractivity contribution is -0.143. The van der Waals surface area contributed by atoms with Gasteiger partial charge in [0.15, 0.2) is 0 Å². The summed E-state index contributed by atoms with van der Waals surface area (Å²) in [5.41, 5.74) is -1.14. The first-order chi connectivity index (χ1) is 7.75. The first-order valence-corrected chi connectivity index (χ1v) is 5.25. The fraction of sp³-hybridized carbons (Fsp3) is 0.700. The first-order valence-electron chi connectivity index (χ1n) is 5.25. The molecule has 0 radical (unpaired) electrons. The number of carbonyl (C=O) groups excluding carboxylic acids is 2. The van der Waals surface area contributed by atoms with Gasteiger partial charge in [0.2, 0.25) is 11.8 Å². The van der Waals surface area contributed by atoms with Gasteiger partial charge in [-0.3, -0.25) is 19.7 Å². The van der Waals surface area contributed by atoms with Crippen molar-refractivity contribution in [3.63, 3.8) is 0 Å². The minimum absolute atomic E-state index is 0.0840. The summed E-state index contributed by atoms with van der Waals surface area (Å²) < 4.78 is 0. The molecule has 0 rings (SSSR count). The van der Waals surface area contributed by atoms with Crippen molar-refractivity contribution in [3.8, 4) is 0 Å². The van der Waals surface area contributed by atoms with Crippen molar-refractivity contribution < 1.29 is 19.5 Å². The minimum atomic E-state index is -1.14. The van der Waals surface area contributed by atoms with Crippen LogP contribution in [0.15, 0.2) is 0 Å². The van der Waals surface area contributed by atoms with Gasteiger partial charge in [0.05, 0.1) is 6.54 Å². The van der Waals surface area contributed by atoms with E-state index in [2.05, 4.69) is 16.0 Å². The molecule has 0 saturated heterocycles. The lowest BCUT2D eigenvalue weighted by Crippen LogP contribution is -2.50. The number of carboxylic acids is 1. The van der Waals surface area contributed by atoms with E-state index >= 15 is 0 Å². The quantitative estimate of drug-likeness (QED) is 0.417. The van der Waals surface area contributed by atoms with E-state index in [1.807, 2.05) is 0 Å². The fourth-order valence-corrected chi connectivity index (χ4v) is 0.880. The van der Waals surface area contributed by atoms with Crippen molar-refractivity contribution >= 4 is 17.8 Å². The molecule has 98 valence electrons. The molecule has 0 heterocycles. The van der Waals surface area contributed by atoms with Crippen LogP contribution in [-0.4, -0.2) is 48.1 Å². The Morgan fingerprint density at radius 2 is 1.65 bits per heavy atom. The van der Waals surface area contributed by atoms with Gasteiger partial charge in [-0.15, -0.1) is 0 Å². The number of hydrogen-bond donors (Lipinski definition) is 4. The molecule has 0 aromatic carbocycles. The fourth-order valence-electron chi connectivity index (χ4n) is 0.880. The molecule has 0 aliphatic heterocycles. The maximum atomic E-state index is 11.3. The summed E-state index contributed by atoms with van der Waals surface area (Å²) >= 11 is 0. The van der Waals surface area contributed by atoms with Crippen molar-refractivity contribution in [2.24, 2.45) is 0 Å². The molecule has 17 heavy (non-hydrogen) atoms. The van der Waals surface area contributed by atoms with Crippen LogP contribution in [0.2, 0.25) is 0 Å². The number of amides is 2. The highest BCUT2D eigenvalue weighted by Gasteiger charge is 2.26. The number of aliphatic carboxylic acids is 1. The predicted molar refractivity (Wildman–Crippen MR) is 61.4 cm³/mol. The zero-order chi connectivity index (χ0) is 13.5. The summed E-state index contributed by atoms with van der Waals surface area (Å²) in [4.78, 5) is 32.5. The first kappa shape index (κ1) is 15.4. The van der Waals surface area contributed by atoms with Crippen LogP contribution in [0.25, 0.3) is 0 Å². The molecule has 7 nitrogen and oxygen atoms in total. The van der Waals surface area contributed by atoms with Crippen molar-refractivity contribution in [1.29, 1.82) is 0 Å². The van der Waals surface area contributed by atoms with Gasteiger partial charge in [-0.2, -0.15) is 0 Å². The second kappa shape index (κ2) is 6.85. The summed E-state index contributed by atoms with van der Waals surface area (Å²) in [5, 5.41) is 16.5. The zero-order valence-corrected chi connectivity index (χ0v) is 10.3. The largest absolute Gasteiger partial charge is 0.480 e. The molecule has 7 heteroatoms. The van der Waals surface area contributed by atoms with Gasteiger partial charge >= 0.3 is 5.97 Å². The zero-order valence-electron chi connectivity index (χ0n) is 10.3.